The van der Waals surface area contributed by atoms with Crippen LogP contribution in [0.4, 0.5) is 0 Å². The van der Waals surface area contributed by atoms with Crippen molar-refractivity contribution in [2.75, 3.05) is 26.2 Å². The molecule has 1 atom stereocenters. The van der Waals surface area contributed by atoms with Crippen LogP contribution in [-0.4, -0.2) is 49.7 Å². The molecular formula is C18H28N2O3S. The zero-order valence-electron chi connectivity index (χ0n) is 14.9. The van der Waals surface area contributed by atoms with Gasteiger partial charge in [-0.2, -0.15) is 4.31 Å². The summed E-state index contributed by atoms with van der Waals surface area (Å²) in [6.45, 7) is 8.43. The molecule has 2 rings (SSSR count). The van der Waals surface area contributed by atoms with E-state index in [2.05, 4.69) is 6.92 Å². The van der Waals surface area contributed by atoms with Crippen LogP contribution in [0.3, 0.4) is 0 Å². The monoisotopic (exact) mass is 352 g/mol. The Morgan fingerprint density at radius 1 is 1.17 bits per heavy atom. The molecule has 0 radical (unpaired) electrons. The van der Waals surface area contributed by atoms with Crippen LogP contribution >= 0.6 is 0 Å². The summed E-state index contributed by atoms with van der Waals surface area (Å²) >= 11 is 0. The molecule has 0 N–H and O–H groups in total. The van der Waals surface area contributed by atoms with E-state index in [1.165, 1.54) is 0 Å². The van der Waals surface area contributed by atoms with E-state index in [-0.39, 0.29) is 10.8 Å². The van der Waals surface area contributed by atoms with Gasteiger partial charge in [0.25, 0.3) is 5.91 Å². The van der Waals surface area contributed by atoms with E-state index in [1.54, 1.807) is 33.5 Å². The molecule has 1 aliphatic rings. The van der Waals surface area contributed by atoms with Crippen molar-refractivity contribution >= 4 is 15.9 Å². The van der Waals surface area contributed by atoms with Crippen molar-refractivity contribution in [3.05, 3.63) is 29.8 Å². The van der Waals surface area contributed by atoms with Gasteiger partial charge in [-0.1, -0.05) is 13.3 Å². The lowest BCUT2D eigenvalue weighted by Crippen LogP contribution is -2.39. The van der Waals surface area contributed by atoms with Crippen LogP contribution in [0.2, 0.25) is 0 Å². The van der Waals surface area contributed by atoms with Crippen molar-refractivity contribution in [1.82, 2.24) is 9.21 Å². The molecule has 0 aromatic heterocycles. The van der Waals surface area contributed by atoms with E-state index in [0.717, 1.165) is 19.3 Å². The Kier molecular flexibility index (Phi) is 6.40. The number of hydrogen-bond acceptors (Lipinski definition) is 3. The zero-order chi connectivity index (χ0) is 17.7. The van der Waals surface area contributed by atoms with Crippen molar-refractivity contribution < 1.29 is 13.2 Å². The Bertz CT molecular complexity index is 651. The van der Waals surface area contributed by atoms with E-state index in [4.69, 9.17) is 0 Å². The molecule has 1 unspecified atom stereocenters. The maximum Gasteiger partial charge on any atom is 0.253 e. The Hall–Kier alpha value is -1.40. The minimum absolute atomic E-state index is 0.0621. The molecule has 0 bridgehead atoms. The second-order valence-corrected chi connectivity index (χ2v) is 8.22. The SMILES string of the molecule is CCC1CCCN(S(=O)(=O)c2ccc(C(=O)N(CC)CC)cc2)C1. The molecule has 24 heavy (non-hydrogen) atoms. The van der Waals surface area contributed by atoms with Crippen molar-refractivity contribution in [2.24, 2.45) is 5.92 Å². The normalized spacial score (nSPS) is 19.2. The fourth-order valence-electron chi connectivity index (χ4n) is 3.19. The molecule has 0 saturated carbocycles. The topological polar surface area (TPSA) is 57.7 Å². The number of carbonyl (C=O) groups excluding carboxylic acids is 1. The third-order valence-corrected chi connectivity index (χ3v) is 6.73. The first kappa shape index (κ1) is 18.9. The summed E-state index contributed by atoms with van der Waals surface area (Å²) in [6, 6.07) is 6.35. The van der Waals surface area contributed by atoms with Gasteiger partial charge in [-0.15, -0.1) is 0 Å². The van der Waals surface area contributed by atoms with E-state index < -0.39 is 10.0 Å². The number of amides is 1. The van der Waals surface area contributed by atoms with Crippen LogP contribution in [0.15, 0.2) is 29.2 Å². The minimum Gasteiger partial charge on any atom is -0.339 e. The fourth-order valence-corrected chi connectivity index (χ4v) is 4.75. The highest BCUT2D eigenvalue weighted by molar-refractivity contribution is 7.89. The maximum absolute atomic E-state index is 12.8. The van der Waals surface area contributed by atoms with E-state index >= 15 is 0 Å². The summed E-state index contributed by atoms with van der Waals surface area (Å²) in [5, 5.41) is 0. The van der Waals surface area contributed by atoms with Crippen LogP contribution < -0.4 is 0 Å². The molecule has 0 aliphatic carbocycles. The molecule has 1 heterocycles. The molecule has 1 aliphatic heterocycles. The lowest BCUT2D eigenvalue weighted by molar-refractivity contribution is 0.0773. The van der Waals surface area contributed by atoms with E-state index in [0.29, 0.717) is 37.7 Å². The summed E-state index contributed by atoms with van der Waals surface area (Å²) in [5.41, 5.74) is 0.530. The van der Waals surface area contributed by atoms with Crippen molar-refractivity contribution in [2.45, 2.75) is 44.9 Å². The number of hydrogen-bond donors (Lipinski definition) is 0. The Balaban J connectivity index is 2.18. The number of benzene rings is 1. The van der Waals surface area contributed by atoms with Gasteiger partial charge in [0.05, 0.1) is 4.90 Å². The number of sulfonamides is 1. The van der Waals surface area contributed by atoms with Crippen LogP contribution in [0.1, 0.15) is 50.4 Å². The average Bonchev–Trinajstić information content (AvgIpc) is 2.62. The first-order chi connectivity index (χ1) is 11.4. The molecular weight excluding hydrogens is 324 g/mol. The third-order valence-electron chi connectivity index (χ3n) is 4.85. The lowest BCUT2D eigenvalue weighted by Gasteiger charge is -2.31. The summed E-state index contributed by atoms with van der Waals surface area (Å²) in [4.78, 5) is 14.3. The van der Waals surface area contributed by atoms with Crippen molar-refractivity contribution in [3.63, 3.8) is 0 Å². The standard InChI is InChI=1S/C18H28N2O3S/c1-4-15-8-7-13-20(14-15)24(22,23)17-11-9-16(10-12-17)18(21)19(5-2)6-3/h9-12,15H,4-8,13-14H2,1-3H3. The summed E-state index contributed by atoms with van der Waals surface area (Å²) < 4.78 is 27.2. The summed E-state index contributed by atoms with van der Waals surface area (Å²) in [5.74, 6) is 0.380. The van der Waals surface area contributed by atoms with Crippen LogP contribution in [0, 0.1) is 5.92 Å². The predicted molar refractivity (Wildman–Crippen MR) is 95.5 cm³/mol. The van der Waals surface area contributed by atoms with E-state index in [1.807, 2.05) is 13.8 Å². The van der Waals surface area contributed by atoms with Gasteiger partial charge in [0.15, 0.2) is 0 Å². The van der Waals surface area contributed by atoms with Gasteiger partial charge < -0.3 is 4.90 Å². The van der Waals surface area contributed by atoms with Crippen molar-refractivity contribution in [1.29, 1.82) is 0 Å². The first-order valence-corrected chi connectivity index (χ1v) is 10.3. The van der Waals surface area contributed by atoms with Crippen LogP contribution in [0.5, 0.6) is 0 Å². The molecule has 0 spiro atoms. The maximum atomic E-state index is 12.8. The highest BCUT2D eigenvalue weighted by Crippen LogP contribution is 2.25. The molecule has 1 aromatic carbocycles. The van der Waals surface area contributed by atoms with Gasteiger partial charge in [0.1, 0.15) is 0 Å². The molecule has 1 aromatic rings. The molecule has 5 nitrogen and oxygen atoms in total. The highest BCUT2D eigenvalue weighted by atomic mass is 32.2. The van der Waals surface area contributed by atoms with Gasteiger partial charge in [-0.05, 0) is 56.9 Å². The van der Waals surface area contributed by atoms with Crippen LogP contribution in [0.25, 0.3) is 0 Å². The number of rotatable bonds is 6. The van der Waals surface area contributed by atoms with Gasteiger partial charge >= 0.3 is 0 Å². The smallest absolute Gasteiger partial charge is 0.253 e. The Morgan fingerprint density at radius 2 is 1.79 bits per heavy atom. The molecule has 1 saturated heterocycles. The highest BCUT2D eigenvalue weighted by Gasteiger charge is 2.29. The molecule has 134 valence electrons. The fraction of sp³-hybridized carbons (Fsp3) is 0.611. The van der Waals surface area contributed by atoms with Gasteiger partial charge in [0, 0.05) is 31.7 Å². The number of piperidine rings is 1. The summed E-state index contributed by atoms with van der Waals surface area (Å²) in [6.07, 6.45) is 3.01. The van der Waals surface area contributed by atoms with Crippen LogP contribution in [-0.2, 0) is 10.0 Å². The average molecular weight is 353 g/mol. The van der Waals surface area contributed by atoms with Crippen molar-refractivity contribution in [3.8, 4) is 0 Å². The second-order valence-electron chi connectivity index (χ2n) is 6.28. The minimum atomic E-state index is -3.47. The Labute approximate surface area is 145 Å². The molecule has 6 heteroatoms. The van der Waals surface area contributed by atoms with Gasteiger partial charge in [-0.25, -0.2) is 8.42 Å². The predicted octanol–water partition coefficient (Wildman–Crippen LogP) is 2.98. The third kappa shape index (κ3) is 3.98. The second kappa shape index (κ2) is 8.12. The summed E-state index contributed by atoms with van der Waals surface area (Å²) in [7, 11) is -3.47. The number of carbonyl (C=O) groups is 1. The first-order valence-electron chi connectivity index (χ1n) is 8.83. The largest absolute Gasteiger partial charge is 0.339 e. The molecule has 1 amide bonds. The van der Waals surface area contributed by atoms with Gasteiger partial charge in [-0.3, -0.25) is 4.79 Å². The lowest BCUT2D eigenvalue weighted by atomic mass is 9.97. The zero-order valence-corrected chi connectivity index (χ0v) is 15.7. The van der Waals surface area contributed by atoms with Gasteiger partial charge in [0.2, 0.25) is 10.0 Å². The molecule has 1 fully saturated rings. The van der Waals surface area contributed by atoms with E-state index in [9.17, 15) is 13.2 Å². The number of nitrogens with zero attached hydrogens (tertiary/aromatic N) is 2. The Morgan fingerprint density at radius 3 is 2.33 bits per heavy atom. The quantitative estimate of drug-likeness (QED) is 0.791.